The molecule has 0 radical (unpaired) electrons. The summed E-state index contributed by atoms with van der Waals surface area (Å²) in [6, 6.07) is 10.1. The topological polar surface area (TPSA) is 37.1 Å². The smallest absolute Gasteiger partial charge is 0.0513 e. The molecule has 0 bridgehead atoms. The molecule has 0 aliphatic rings. The molecule has 1 aromatic rings. The van der Waals surface area contributed by atoms with E-state index in [4.69, 9.17) is 0 Å². The van der Waals surface area contributed by atoms with E-state index in [9.17, 15) is 0 Å². The monoisotopic (exact) mass is 199 g/mol. The minimum Gasteiger partial charge on any atom is -0.172 e. The van der Waals surface area contributed by atoms with Gasteiger partial charge in [-0.3, -0.25) is 0 Å². The van der Waals surface area contributed by atoms with Crippen LogP contribution in [0.2, 0.25) is 0 Å². The van der Waals surface area contributed by atoms with Gasteiger partial charge in [0.15, 0.2) is 0 Å². The standard InChI is InChI=1S/C12H13N3/c1-13-15-14-11-7-3-6-10-12-8-4-2-5-9-12/h2-11H,1H3/b7-3+,10-6+,14-11+,15-13+. The minimum absolute atomic E-state index is 1.17. The van der Waals surface area contributed by atoms with Gasteiger partial charge in [-0.15, -0.1) is 5.10 Å². The van der Waals surface area contributed by atoms with Crippen molar-refractivity contribution in [3.63, 3.8) is 0 Å². The molecule has 15 heavy (non-hydrogen) atoms. The summed E-state index contributed by atoms with van der Waals surface area (Å²) < 4.78 is 0. The fourth-order valence-corrected chi connectivity index (χ4v) is 0.965. The highest BCUT2D eigenvalue weighted by Crippen LogP contribution is 2.00. The molecular weight excluding hydrogens is 186 g/mol. The lowest BCUT2D eigenvalue weighted by atomic mass is 10.2. The molecule has 0 saturated carbocycles. The quantitative estimate of drug-likeness (QED) is 0.309. The summed E-state index contributed by atoms with van der Waals surface area (Å²) in [7, 11) is 1.58. The molecule has 0 amide bonds. The second-order valence-electron chi connectivity index (χ2n) is 2.71. The molecule has 76 valence electrons. The van der Waals surface area contributed by atoms with Crippen LogP contribution in [0.5, 0.6) is 0 Å². The van der Waals surface area contributed by atoms with Gasteiger partial charge in [-0.05, 0) is 16.9 Å². The first-order valence-electron chi connectivity index (χ1n) is 4.64. The molecule has 0 saturated heterocycles. The molecule has 3 nitrogen and oxygen atoms in total. The molecule has 0 aromatic heterocycles. The Morgan fingerprint density at radius 3 is 2.53 bits per heavy atom. The minimum atomic E-state index is 1.17. The first-order chi connectivity index (χ1) is 7.43. The van der Waals surface area contributed by atoms with Crippen LogP contribution in [-0.4, -0.2) is 13.3 Å². The third-order valence-electron chi connectivity index (χ3n) is 1.60. The molecule has 0 N–H and O–H groups in total. The van der Waals surface area contributed by atoms with E-state index in [-0.39, 0.29) is 0 Å². The summed E-state index contributed by atoms with van der Waals surface area (Å²) in [5.74, 6) is 0. The predicted octanol–water partition coefficient (Wildman–Crippen LogP) is 3.32. The Bertz CT molecular complexity index is 375. The number of allylic oxidation sites excluding steroid dienone is 3. The lowest BCUT2D eigenvalue weighted by Crippen LogP contribution is -1.67. The van der Waals surface area contributed by atoms with Crippen LogP contribution in [0.3, 0.4) is 0 Å². The zero-order valence-electron chi connectivity index (χ0n) is 8.62. The van der Waals surface area contributed by atoms with Gasteiger partial charge >= 0.3 is 0 Å². The number of rotatable bonds is 4. The van der Waals surface area contributed by atoms with Gasteiger partial charge in [-0.1, -0.05) is 48.6 Å². The SMILES string of the molecule is C/N=N/N=C/C=C/C=C/c1ccccc1. The zero-order chi connectivity index (χ0) is 10.8. The van der Waals surface area contributed by atoms with Crippen LogP contribution in [0.1, 0.15) is 5.56 Å². The Balaban J connectivity index is 2.40. The van der Waals surface area contributed by atoms with E-state index in [2.05, 4.69) is 15.4 Å². The van der Waals surface area contributed by atoms with Crippen LogP contribution < -0.4 is 0 Å². The van der Waals surface area contributed by atoms with Gasteiger partial charge in [0.1, 0.15) is 0 Å². The first-order valence-corrected chi connectivity index (χ1v) is 4.64. The van der Waals surface area contributed by atoms with Gasteiger partial charge in [0.25, 0.3) is 0 Å². The van der Waals surface area contributed by atoms with E-state index in [1.54, 1.807) is 19.3 Å². The lowest BCUT2D eigenvalue weighted by Gasteiger charge is -1.87. The molecule has 0 aliphatic carbocycles. The van der Waals surface area contributed by atoms with Gasteiger partial charge < -0.3 is 0 Å². The third-order valence-corrected chi connectivity index (χ3v) is 1.60. The largest absolute Gasteiger partial charge is 0.172 e. The predicted molar refractivity (Wildman–Crippen MR) is 63.9 cm³/mol. The molecule has 1 rings (SSSR count). The van der Waals surface area contributed by atoms with Gasteiger partial charge in [-0.2, -0.15) is 5.11 Å². The number of hydrogen-bond donors (Lipinski definition) is 0. The van der Waals surface area contributed by atoms with Crippen LogP contribution in [0, 0.1) is 0 Å². The molecule has 1 aromatic carbocycles. The third kappa shape index (κ3) is 5.31. The fraction of sp³-hybridized carbons (Fsp3) is 0.0833. The van der Waals surface area contributed by atoms with Crippen molar-refractivity contribution in [2.45, 2.75) is 0 Å². The Hall–Kier alpha value is -2.03. The van der Waals surface area contributed by atoms with Crippen LogP contribution in [0.25, 0.3) is 6.08 Å². The van der Waals surface area contributed by atoms with Crippen molar-refractivity contribution in [3.8, 4) is 0 Å². The van der Waals surface area contributed by atoms with Crippen LogP contribution in [0.4, 0.5) is 0 Å². The van der Waals surface area contributed by atoms with Crippen molar-refractivity contribution in [2.24, 2.45) is 15.4 Å². The molecule has 0 aliphatic heterocycles. The van der Waals surface area contributed by atoms with E-state index in [1.807, 2.05) is 48.6 Å². The molecule has 0 spiro atoms. The van der Waals surface area contributed by atoms with E-state index >= 15 is 0 Å². The fourth-order valence-electron chi connectivity index (χ4n) is 0.965. The van der Waals surface area contributed by atoms with Crippen molar-refractivity contribution in [2.75, 3.05) is 7.05 Å². The normalized spacial score (nSPS) is 12.6. The summed E-state index contributed by atoms with van der Waals surface area (Å²) in [6.07, 6.45) is 9.24. The van der Waals surface area contributed by atoms with Gasteiger partial charge in [0, 0.05) is 0 Å². The highest BCUT2D eigenvalue weighted by atomic mass is 15.3. The highest BCUT2D eigenvalue weighted by Gasteiger charge is 1.78. The second-order valence-corrected chi connectivity index (χ2v) is 2.71. The zero-order valence-corrected chi connectivity index (χ0v) is 8.62. The maximum absolute atomic E-state index is 3.65. The van der Waals surface area contributed by atoms with E-state index < -0.39 is 0 Å². The summed E-state index contributed by atoms with van der Waals surface area (Å²) in [6.45, 7) is 0. The Morgan fingerprint density at radius 2 is 1.80 bits per heavy atom. The molecule has 0 fully saturated rings. The highest BCUT2D eigenvalue weighted by molar-refractivity contribution is 5.71. The van der Waals surface area contributed by atoms with Crippen molar-refractivity contribution in [1.29, 1.82) is 0 Å². The Labute approximate surface area is 89.6 Å². The van der Waals surface area contributed by atoms with Gasteiger partial charge in [-0.25, -0.2) is 0 Å². The first kappa shape index (κ1) is 11.0. The lowest BCUT2D eigenvalue weighted by molar-refractivity contribution is 1.03. The average molecular weight is 199 g/mol. The summed E-state index contributed by atoms with van der Waals surface area (Å²) >= 11 is 0. The van der Waals surface area contributed by atoms with Crippen molar-refractivity contribution >= 4 is 12.3 Å². The van der Waals surface area contributed by atoms with Crippen molar-refractivity contribution in [3.05, 3.63) is 54.1 Å². The maximum Gasteiger partial charge on any atom is 0.0513 e. The maximum atomic E-state index is 3.65. The molecule has 0 heterocycles. The summed E-state index contributed by atoms with van der Waals surface area (Å²) in [5, 5.41) is 10.6. The molecule has 0 unspecified atom stereocenters. The van der Waals surface area contributed by atoms with E-state index in [1.165, 1.54) is 5.56 Å². The Morgan fingerprint density at radius 1 is 1.00 bits per heavy atom. The van der Waals surface area contributed by atoms with E-state index in [0.29, 0.717) is 0 Å². The van der Waals surface area contributed by atoms with Crippen molar-refractivity contribution in [1.82, 2.24) is 0 Å². The Kier molecular flexibility index (Phi) is 5.44. The molecule has 0 atom stereocenters. The number of benzene rings is 1. The van der Waals surface area contributed by atoms with E-state index in [0.717, 1.165) is 0 Å². The number of nitrogens with zero attached hydrogens (tertiary/aromatic N) is 3. The molecular formula is C12H13N3. The van der Waals surface area contributed by atoms with Crippen LogP contribution in [-0.2, 0) is 0 Å². The summed E-state index contributed by atoms with van der Waals surface area (Å²) in [4.78, 5) is 0. The van der Waals surface area contributed by atoms with Gasteiger partial charge in [0.2, 0.25) is 0 Å². The van der Waals surface area contributed by atoms with Crippen LogP contribution >= 0.6 is 0 Å². The average Bonchev–Trinajstić information content (AvgIpc) is 2.29. The van der Waals surface area contributed by atoms with Crippen molar-refractivity contribution < 1.29 is 0 Å². The second kappa shape index (κ2) is 7.38. The number of hydrogen-bond acceptors (Lipinski definition) is 2. The van der Waals surface area contributed by atoms with Gasteiger partial charge in [0.05, 0.1) is 13.3 Å². The summed E-state index contributed by atoms with van der Waals surface area (Å²) in [5.41, 5.74) is 1.17. The molecule has 3 heteroatoms. The van der Waals surface area contributed by atoms with Crippen LogP contribution in [0.15, 0.2) is 64.0 Å².